The first-order valence-corrected chi connectivity index (χ1v) is 5.11. The predicted molar refractivity (Wildman–Crippen MR) is 61.9 cm³/mol. The van der Waals surface area contributed by atoms with Gasteiger partial charge in [-0.25, -0.2) is 0 Å². The second-order valence-corrected chi connectivity index (χ2v) is 4.01. The van der Waals surface area contributed by atoms with E-state index in [0.29, 0.717) is 5.69 Å². The number of anilines is 2. The van der Waals surface area contributed by atoms with Gasteiger partial charge in [-0.05, 0) is 20.3 Å². The Labute approximate surface area is 90.5 Å². The van der Waals surface area contributed by atoms with Gasteiger partial charge in [0.2, 0.25) is 0 Å². The SMILES string of the molecule is Cc1nn(C)c(N(C)CCC(C)O)c1N. The first-order chi connectivity index (χ1) is 6.93. The largest absolute Gasteiger partial charge is 0.394 e. The number of aliphatic hydroxyl groups is 1. The molecular formula is C10H20N4O. The summed E-state index contributed by atoms with van der Waals surface area (Å²) in [4.78, 5) is 2.02. The Kier molecular flexibility index (Phi) is 3.57. The van der Waals surface area contributed by atoms with E-state index >= 15 is 0 Å². The van der Waals surface area contributed by atoms with Crippen LogP contribution >= 0.6 is 0 Å². The topological polar surface area (TPSA) is 67.3 Å². The van der Waals surface area contributed by atoms with E-state index in [9.17, 15) is 5.11 Å². The highest BCUT2D eigenvalue weighted by atomic mass is 16.3. The molecule has 5 nitrogen and oxygen atoms in total. The second-order valence-electron chi connectivity index (χ2n) is 4.01. The van der Waals surface area contributed by atoms with Gasteiger partial charge in [0.1, 0.15) is 5.82 Å². The third-order valence-corrected chi connectivity index (χ3v) is 2.48. The monoisotopic (exact) mass is 212 g/mol. The standard InChI is InChI=1S/C10H20N4O/c1-7(15)5-6-13(3)10-9(11)8(2)12-14(10)4/h7,15H,5-6,11H2,1-4H3. The van der Waals surface area contributed by atoms with E-state index in [-0.39, 0.29) is 6.10 Å². The highest BCUT2D eigenvalue weighted by molar-refractivity contribution is 5.65. The van der Waals surface area contributed by atoms with Crippen LogP contribution in [-0.4, -0.2) is 34.6 Å². The Balaban J connectivity index is 2.77. The quantitative estimate of drug-likeness (QED) is 0.763. The molecule has 1 heterocycles. The van der Waals surface area contributed by atoms with Crippen molar-refractivity contribution in [2.24, 2.45) is 7.05 Å². The Morgan fingerprint density at radius 3 is 2.60 bits per heavy atom. The molecule has 0 aromatic carbocycles. The van der Waals surface area contributed by atoms with Gasteiger partial charge in [-0.2, -0.15) is 5.10 Å². The molecule has 0 amide bonds. The maximum atomic E-state index is 9.21. The van der Waals surface area contributed by atoms with E-state index in [4.69, 9.17) is 5.73 Å². The molecule has 1 aromatic rings. The zero-order valence-corrected chi connectivity index (χ0v) is 9.86. The van der Waals surface area contributed by atoms with Gasteiger partial charge in [-0.1, -0.05) is 0 Å². The fraction of sp³-hybridized carbons (Fsp3) is 0.700. The van der Waals surface area contributed by atoms with Crippen LogP contribution in [0.25, 0.3) is 0 Å². The van der Waals surface area contributed by atoms with Gasteiger partial charge in [0, 0.05) is 20.6 Å². The number of nitrogen functional groups attached to an aromatic ring is 1. The van der Waals surface area contributed by atoms with Crippen molar-refractivity contribution in [1.82, 2.24) is 9.78 Å². The lowest BCUT2D eigenvalue weighted by molar-refractivity contribution is 0.186. The fourth-order valence-electron chi connectivity index (χ4n) is 1.60. The van der Waals surface area contributed by atoms with Crippen LogP contribution in [0.3, 0.4) is 0 Å². The molecule has 5 heteroatoms. The second kappa shape index (κ2) is 4.53. The summed E-state index contributed by atoms with van der Waals surface area (Å²) >= 11 is 0. The van der Waals surface area contributed by atoms with Gasteiger partial charge < -0.3 is 15.7 Å². The van der Waals surface area contributed by atoms with E-state index in [1.165, 1.54) is 0 Å². The van der Waals surface area contributed by atoms with Crippen LogP contribution in [-0.2, 0) is 7.05 Å². The van der Waals surface area contributed by atoms with Crippen molar-refractivity contribution in [2.45, 2.75) is 26.4 Å². The highest BCUT2D eigenvalue weighted by Gasteiger charge is 2.14. The van der Waals surface area contributed by atoms with Crippen molar-refractivity contribution in [3.63, 3.8) is 0 Å². The molecule has 0 spiro atoms. The molecule has 0 bridgehead atoms. The zero-order valence-electron chi connectivity index (χ0n) is 9.86. The summed E-state index contributed by atoms with van der Waals surface area (Å²) in [6, 6.07) is 0. The van der Waals surface area contributed by atoms with Crippen molar-refractivity contribution in [2.75, 3.05) is 24.2 Å². The molecule has 15 heavy (non-hydrogen) atoms. The van der Waals surface area contributed by atoms with E-state index in [2.05, 4.69) is 5.10 Å². The normalized spacial score (nSPS) is 12.9. The molecule has 0 aliphatic heterocycles. The van der Waals surface area contributed by atoms with Gasteiger partial charge >= 0.3 is 0 Å². The van der Waals surface area contributed by atoms with Crippen molar-refractivity contribution < 1.29 is 5.11 Å². The Morgan fingerprint density at radius 2 is 2.20 bits per heavy atom. The molecule has 3 N–H and O–H groups in total. The summed E-state index contributed by atoms with van der Waals surface area (Å²) in [6.07, 6.45) is 0.433. The fourth-order valence-corrected chi connectivity index (χ4v) is 1.60. The molecule has 0 saturated carbocycles. The van der Waals surface area contributed by atoms with Crippen LogP contribution in [0.1, 0.15) is 19.0 Å². The third-order valence-electron chi connectivity index (χ3n) is 2.48. The summed E-state index contributed by atoms with van der Waals surface area (Å²) in [7, 11) is 3.83. The van der Waals surface area contributed by atoms with Crippen LogP contribution in [0.5, 0.6) is 0 Å². The molecule has 0 fully saturated rings. The predicted octanol–water partition coefficient (Wildman–Crippen LogP) is 0.518. The lowest BCUT2D eigenvalue weighted by Crippen LogP contribution is -2.24. The average Bonchev–Trinajstić information content (AvgIpc) is 2.37. The van der Waals surface area contributed by atoms with Crippen LogP contribution in [0.2, 0.25) is 0 Å². The average molecular weight is 212 g/mol. The first-order valence-electron chi connectivity index (χ1n) is 5.11. The molecule has 0 saturated heterocycles. The number of rotatable bonds is 4. The number of hydrogen-bond acceptors (Lipinski definition) is 4. The van der Waals surface area contributed by atoms with E-state index < -0.39 is 0 Å². The molecule has 86 valence electrons. The minimum Gasteiger partial charge on any atom is -0.394 e. The smallest absolute Gasteiger partial charge is 0.150 e. The van der Waals surface area contributed by atoms with E-state index in [1.807, 2.05) is 25.9 Å². The van der Waals surface area contributed by atoms with Gasteiger partial charge in [0.15, 0.2) is 0 Å². The lowest BCUT2D eigenvalue weighted by Gasteiger charge is -2.20. The summed E-state index contributed by atoms with van der Waals surface area (Å²) in [6.45, 7) is 4.44. The lowest BCUT2D eigenvalue weighted by atomic mass is 10.2. The van der Waals surface area contributed by atoms with Gasteiger partial charge in [-0.3, -0.25) is 4.68 Å². The number of aliphatic hydroxyl groups excluding tert-OH is 1. The van der Waals surface area contributed by atoms with E-state index in [0.717, 1.165) is 24.5 Å². The minimum absolute atomic E-state index is 0.289. The van der Waals surface area contributed by atoms with Crippen LogP contribution in [0.15, 0.2) is 0 Å². The molecule has 0 aliphatic rings. The maximum absolute atomic E-state index is 9.21. The Morgan fingerprint density at radius 1 is 1.60 bits per heavy atom. The van der Waals surface area contributed by atoms with Crippen molar-refractivity contribution >= 4 is 11.5 Å². The molecule has 0 radical (unpaired) electrons. The number of nitrogens with zero attached hydrogens (tertiary/aromatic N) is 3. The minimum atomic E-state index is -0.289. The third kappa shape index (κ3) is 2.62. The van der Waals surface area contributed by atoms with Crippen molar-refractivity contribution in [3.05, 3.63) is 5.69 Å². The number of aromatic nitrogens is 2. The molecule has 0 aliphatic carbocycles. The molecular weight excluding hydrogens is 192 g/mol. The number of nitrogens with two attached hydrogens (primary N) is 1. The first kappa shape index (κ1) is 11.8. The maximum Gasteiger partial charge on any atom is 0.150 e. The number of hydrogen-bond donors (Lipinski definition) is 2. The van der Waals surface area contributed by atoms with Gasteiger partial charge in [0.05, 0.1) is 17.5 Å². The Bertz CT molecular complexity index is 332. The van der Waals surface area contributed by atoms with Crippen molar-refractivity contribution in [1.29, 1.82) is 0 Å². The van der Waals surface area contributed by atoms with Crippen LogP contribution in [0.4, 0.5) is 11.5 Å². The Hall–Kier alpha value is -1.23. The molecule has 1 atom stereocenters. The summed E-state index contributed by atoms with van der Waals surface area (Å²) in [5.41, 5.74) is 7.48. The zero-order chi connectivity index (χ0) is 11.6. The highest BCUT2D eigenvalue weighted by Crippen LogP contribution is 2.24. The van der Waals surface area contributed by atoms with Gasteiger partial charge in [0.25, 0.3) is 0 Å². The van der Waals surface area contributed by atoms with Crippen LogP contribution in [0, 0.1) is 6.92 Å². The van der Waals surface area contributed by atoms with Crippen molar-refractivity contribution in [3.8, 4) is 0 Å². The summed E-state index contributed by atoms with van der Waals surface area (Å²) < 4.78 is 1.77. The molecule has 1 unspecified atom stereocenters. The van der Waals surface area contributed by atoms with Gasteiger partial charge in [-0.15, -0.1) is 0 Å². The molecule has 1 rings (SSSR count). The summed E-state index contributed by atoms with van der Waals surface area (Å²) in [5.74, 6) is 0.910. The molecule has 1 aromatic heterocycles. The number of aryl methyl sites for hydroxylation is 2. The van der Waals surface area contributed by atoms with E-state index in [1.54, 1.807) is 11.6 Å². The summed E-state index contributed by atoms with van der Waals surface area (Å²) in [5, 5.41) is 13.5. The van der Waals surface area contributed by atoms with Crippen LogP contribution < -0.4 is 10.6 Å².